The van der Waals surface area contributed by atoms with Crippen LogP contribution in [0.3, 0.4) is 0 Å². The lowest BCUT2D eigenvalue weighted by Crippen LogP contribution is -2.30. The maximum absolute atomic E-state index is 13.1. The highest BCUT2D eigenvalue weighted by molar-refractivity contribution is 7.47. The molecule has 0 fully saturated rings. The van der Waals surface area contributed by atoms with E-state index in [1.807, 2.05) is 0 Å². The van der Waals surface area contributed by atoms with Crippen LogP contribution in [0.25, 0.3) is 0 Å². The first kappa shape index (κ1) is 102. The van der Waals surface area contributed by atoms with Crippen molar-refractivity contribution in [2.24, 2.45) is 5.92 Å². The summed E-state index contributed by atoms with van der Waals surface area (Å²) in [5.74, 6) is -1.30. The van der Waals surface area contributed by atoms with Crippen LogP contribution in [0.5, 0.6) is 0 Å². The van der Waals surface area contributed by atoms with E-state index in [0.717, 1.165) is 95.8 Å². The van der Waals surface area contributed by atoms with Crippen LogP contribution in [-0.2, 0) is 65.4 Å². The van der Waals surface area contributed by atoms with Gasteiger partial charge >= 0.3 is 39.5 Å². The molecule has 0 aliphatic carbocycles. The van der Waals surface area contributed by atoms with E-state index in [2.05, 4.69) is 34.6 Å². The van der Waals surface area contributed by atoms with Gasteiger partial charge in [0.2, 0.25) is 0 Å². The Kier molecular flexibility index (Phi) is 76.3. The number of phosphoric ester groups is 2. The van der Waals surface area contributed by atoms with Gasteiger partial charge in [-0.15, -0.1) is 0 Å². The maximum Gasteiger partial charge on any atom is 0.472 e. The van der Waals surface area contributed by atoms with Crippen LogP contribution >= 0.6 is 15.6 Å². The zero-order chi connectivity index (χ0) is 76.2. The van der Waals surface area contributed by atoms with Crippen molar-refractivity contribution in [3.05, 3.63) is 0 Å². The van der Waals surface area contributed by atoms with Crippen molar-refractivity contribution in [1.82, 2.24) is 0 Å². The SMILES string of the molecule is CCCCCCCCCCCCCCCCCCCC(=O)OC[C@H](COP(=O)(O)OC[C@@H](O)COP(=O)(O)OC[C@@H](COC(=O)CCCCCCCCCCCCCC)OC(=O)CCCCCCCCCCCCCCCCCCC)OC(=O)CCCCCCCCCCCCCCCCCC(C)C. The van der Waals surface area contributed by atoms with Crippen molar-refractivity contribution in [2.45, 2.75) is 477 Å². The lowest BCUT2D eigenvalue weighted by Gasteiger charge is -2.21. The normalized spacial score (nSPS) is 13.8. The van der Waals surface area contributed by atoms with Gasteiger partial charge in [-0.3, -0.25) is 37.3 Å². The third-order valence-electron chi connectivity index (χ3n) is 20.0. The van der Waals surface area contributed by atoms with Gasteiger partial charge in [-0.05, 0) is 31.6 Å². The van der Waals surface area contributed by atoms with Gasteiger partial charge in [0.1, 0.15) is 19.3 Å². The molecule has 0 saturated heterocycles. The van der Waals surface area contributed by atoms with Crippen molar-refractivity contribution < 1.29 is 80.2 Å². The summed E-state index contributed by atoms with van der Waals surface area (Å²) in [5, 5.41) is 10.7. The molecule has 0 saturated carbocycles. The van der Waals surface area contributed by atoms with E-state index in [1.54, 1.807) is 0 Å². The molecule has 0 spiro atoms. The summed E-state index contributed by atoms with van der Waals surface area (Å²) in [5.41, 5.74) is 0. The minimum atomic E-state index is -4.96. The number of unbranched alkanes of at least 4 members (excludes halogenated alkanes) is 57. The Morgan fingerprint density at radius 1 is 0.260 bits per heavy atom. The Morgan fingerprint density at radius 2 is 0.442 bits per heavy atom. The van der Waals surface area contributed by atoms with E-state index in [1.165, 1.54) is 283 Å². The highest BCUT2D eigenvalue weighted by Crippen LogP contribution is 2.45. The third-order valence-corrected chi connectivity index (χ3v) is 21.9. The largest absolute Gasteiger partial charge is 0.472 e. The molecule has 0 amide bonds. The highest BCUT2D eigenvalue weighted by Gasteiger charge is 2.30. The van der Waals surface area contributed by atoms with Gasteiger partial charge in [0, 0.05) is 25.7 Å². The van der Waals surface area contributed by atoms with Crippen LogP contribution < -0.4 is 0 Å². The Hall–Kier alpha value is -1.94. The minimum Gasteiger partial charge on any atom is -0.462 e. The Balaban J connectivity index is 5.26. The van der Waals surface area contributed by atoms with Crippen molar-refractivity contribution in [1.29, 1.82) is 0 Å². The smallest absolute Gasteiger partial charge is 0.462 e. The van der Waals surface area contributed by atoms with E-state index < -0.39 is 97.5 Å². The first-order valence-corrected chi connectivity index (χ1v) is 47.1. The van der Waals surface area contributed by atoms with Crippen molar-refractivity contribution >= 4 is 39.5 Å². The number of esters is 4. The number of phosphoric acid groups is 2. The molecular weight excluding hydrogens is 1350 g/mol. The van der Waals surface area contributed by atoms with E-state index in [4.69, 9.17) is 37.0 Å². The average Bonchev–Trinajstić information content (AvgIpc) is 0.903. The number of carbonyl (C=O) groups is 4. The van der Waals surface area contributed by atoms with E-state index >= 15 is 0 Å². The summed E-state index contributed by atoms with van der Waals surface area (Å²) < 4.78 is 68.9. The second-order valence-corrected chi connectivity index (χ2v) is 34.0. The van der Waals surface area contributed by atoms with E-state index in [0.29, 0.717) is 25.7 Å². The number of hydrogen-bond donors (Lipinski definition) is 3. The number of carbonyl (C=O) groups excluding carboxylic acids is 4. The predicted octanol–water partition coefficient (Wildman–Crippen LogP) is 26.0. The summed E-state index contributed by atoms with van der Waals surface area (Å²) in [6.07, 6.45) is 70.6. The molecule has 0 aromatic heterocycles. The fourth-order valence-electron chi connectivity index (χ4n) is 13.3. The highest BCUT2D eigenvalue weighted by atomic mass is 31.2. The quantitative estimate of drug-likeness (QED) is 0.0222. The molecule has 5 atom stereocenters. The summed E-state index contributed by atoms with van der Waals surface area (Å²) in [6, 6.07) is 0. The fraction of sp³-hybridized carbons (Fsp3) is 0.953. The predicted molar refractivity (Wildman–Crippen MR) is 428 cm³/mol. The molecule has 0 bridgehead atoms. The first-order chi connectivity index (χ1) is 50.5. The molecule has 17 nitrogen and oxygen atoms in total. The molecule has 0 radical (unpaired) electrons. The number of rotatable bonds is 85. The van der Waals surface area contributed by atoms with Gasteiger partial charge < -0.3 is 33.8 Å². The molecule has 0 aromatic carbocycles. The Bertz CT molecular complexity index is 1980. The summed E-state index contributed by atoms with van der Waals surface area (Å²) in [6.45, 7) is 7.40. The van der Waals surface area contributed by atoms with Gasteiger partial charge in [0.25, 0.3) is 0 Å². The van der Waals surface area contributed by atoms with Crippen LogP contribution in [0.15, 0.2) is 0 Å². The van der Waals surface area contributed by atoms with Crippen molar-refractivity contribution in [3.63, 3.8) is 0 Å². The van der Waals surface area contributed by atoms with Gasteiger partial charge in [-0.2, -0.15) is 0 Å². The third kappa shape index (κ3) is 78.2. The second-order valence-electron chi connectivity index (χ2n) is 31.1. The molecule has 19 heteroatoms. The zero-order valence-electron chi connectivity index (χ0n) is 68.2. The monoisotopic (exact) mass is 1520 g/mol. The van der Waals surface area contributed by atoms with E-state index in [9.17, 15) is 43.2 Å². The van der Waals surface area contributed by atoms with Crippen molar-refractivity contribution in [3.8, 4) is 0 Å². The molecule has 618 valence electrons. The zero-order valence-corrected chi connectivity index (χ0v) is 70.0. The standard InChI is InChI=1S/C85H166O17P2/c1-6-9-12-15-18-21-24-27-29-31-35-39-44-49-54-59-64-69-83(88)96-75-81(102-85(90)71-66-61-56-51-46-41-37-33-34-38-42-47-52-57-62-67-78(4)5)77-100-104(93,94)98-73-79(86)72-97-103(91,92)99-76-80(74-95-82(87)68-63-58-53-48-43-26-23-20-17-14-11-8-3)101-84(89)70-65-60-55-50-45-40-36-32-30-28-25-22-19-16-13-10-7-2/h78-81,86H,6-77H2,1-5H3,(H,91,92)(H,93,94)/t79-,80+,81+/m0/s1. The van der Waals surface area contributed by atoms with Crippen molar-refractivity contribution in [2.75, 3.05) is 39.6 Å². The summed E-state index contributed by atoms with van der Waals surface area (Å²) in [4.78, 5) is 73.2. The Morgan fingerprint density at radius 3 is 0.654 bits per heavy atom. The summed E-state index contributed by atoms with van der Waals surface area (Å²) >= 11 is 0. The lowest BCUT2D eigenvalue weighted by atomic mass is 10.0. The van der Waals surface area contributed by atoms with E-state index in [-0.39, 0.29) is 25.7 Å². The Labute approximate surface area is 638 Å². The molecule has 0 aliphatic rings. The van der Waals surface area contributed by atoms with Gasteiger partial charge in [0.15, 0.2) is 12.2 Å². The molecule has 0 aliphatic heterocycles. The van der Waals surface area contributed by atoms with Crippen LogP contribution in [-0.4, -0.2) is 96.7 Å². The van der Waals surface area contributed by atoms with Crippen LogP contribution in [0.2, 0.25) is 0 Å². The molecule has 2 unspecified atom stereocenters. The molecule has 0 rings (SSSR count). The minimum absolute atomic E-state index is 0.109. The van der Waals surface area contributed by atoms with Gasteiger partial charge in [-0.1, -0.05) is 407 Å². The molecule has 0 aromatic rings. The number of hydrogen-bond acceptors (Lipinski definition) is 15. The molecule has 104 heavy (non-hydrogen) atoms. The van der Waals surface area contributed by atoms with Crippen LogP contribution in [0, 0.1) is 5.92 Å². The summed E-state index contributed by atoms with van der Waals surface area (Å²) in [7, 11) is -9.93. The average molecular weight is 1520 g/mol. The molecular formula is C85H166O17P2. The van der Waals surface area contributed by atoms with Crippen LogP contribution in [0.4, 0.5) is 0 Å². The van der Waals surface area contributed by atoms with Gasteiger partial charge in [-0.25, -0.2) is 9.13 Å². The lowest BCUT2D eigenvalue weighted by molar-refractivity contribution is -0.161. The van der Waals surface area contributed by atoms with Gasteiger partial charge in [0.05, 0.1) is 26.4 Å². The fourth-order valence-corrected chi connectivity index (χ4v) is 14.9. The molecule has 0 heterocycles. The van der Waals surface area contributed by atoms with Crippen LogP contribution in [0.1, 0.15) is 458 Å². The number of aliphatic hydroxyl groups excluding tert-OH is 1. The number of ether oxygens (including phenoxy) is 4. The molecule has 3 N–H and O–H groups in total. The maximum atomic E-state index is 13.1. The second kappa shape index (κ2) is 77.8. The number of aliphatic hydroxyl groups is 1. The topological polar surface area (TPSA) is 237 Å². The first-order valence-electron chi connectivity index (χ1n) is 44.1.